The van der Waals surface area contributed by atoms with Crippen molar-refractivity contribution in [1.82, 2.24) is 38.2 Å². The minimum Gasteiger partial charge on any atom is -0.507 e. The molecule has 4 aromatic heterocycles. The molecule has 11 nitrogen and oxygen atoms in total. The molecule has 5 aromatic carbocycles. The van der Waals surface area contributed by atoms with Crippen molar-refractivity contribution in [2.24, 2.45) is 11.5 Å². The van der Waals surface area contributed by atoms with E-state index in [9.17, 15) is 5.11 Å². The van der Waals surface area contributed by atoms with Crippen LogP contribution in [0.3, 0.4) is 0 Å². The Labute approximate surface area is 299 Å². The Morgan fingerprint density at radius 1 is 0.481 bits per heavy atom. The van der Waals surface area contributed by atoms with Crippen LogP contribution in [0, 0.1) is 6.92 Å². The van der Waals surface area contributed by atoms with Crippen molar-refractivity contribution in [1.29, 1.82) is 0 Å². The average Bonchev–Trinajstić information content (AvgIpc) is 3.96. The zero-order chi connectivity index (χ0) is 35.5. The molecule has 0 aliphatic heterocycles. The van der Waals surface area contributed by atoms with E-state index in [4.69, 9.17) is 11.5 Å². The van der Waals surface area contributed by atoms with E-state index in [2.05, 4.69) is 38.2 Å². The predicted molar refractivity (Wildman–Crippen MR) is 204 cm³/mol. The van der Waals surface area contributed by atoms with Gasteiger partial charge in [0.1, 0.15) is 5.75 Å². The lowest BCUT2D eigenvalue weighted by atomic mass is 9.81. The van der Waals surface area contributed by atoms with Crippen molar-refractivity contribution < 1.29 is 5.11 Å². The highest BCUT2D eigenvalue weighted by Crippen LogP contribution is 2.41. The maximum absolute atomic E-state index is 12.7. The first kappa shape index (κ1) is 31.7. The van der Waals surface area contributed by atoms with E-state index in [1.807, 2.05) is 141 Å². The smallest absolute Gasteiger partial charge is 0.125 e. The lowest BCUT2D eigenvalue weighted by molar-refractivity contribution is 0.294. The third-order valence-corrected chi connectivity index (χ3v) is 10.2. The number of phenolic OH excluding ortho intramolecular Hbond substituents is 1. The van der Waals surface area contributed by atoms with Crippen molar-refractivity contribution in [3.63, 3.8) is 0 Å². The van der Waals surface area contributed by atoms with E-state index in [-0.39, 0.29) is 5.75 Å². The van der Waals surface area contributed by atoms with E-state index in [0.29, 0.717) is 37.3 Å². The molecule has 9 rings (SSSR count). The number of aromatic nitrogens is 8. The number of hydrogen-bond donors (Lipinski definition) is 3. The Morgan fingerprint density at radius 3 is 1.04 bits per heavy atom. The second kappa shape index (κ2) is 12.2. The molecule has 258 valence electrons. The van der Waals surface area contributed by atoms with Crippen LogP contribution in [0.4, 0.5) is 0 Å². The summed E-state index contributed by atoms with van der Waals surface area (Å²) in [4.78, 5) is 18.6. The number of aromatic hydroxyl groups is 1. The van der Waals surface area contributed by atoms with Crippen LogP contribution in [0.25, 0.3) is 44.1 Å². The van der Waals surface area contributed by atoms with Crippen LogP contribution in [0.15, 0.2) is 135 Å². The lowest BCUT2D eigenvalue weighted by Gasteiger charge is -2.36. The first-order chi connectivity index (χ1) is 25.3. The molecular weight excluding hydrogens is 649 g/mol. The van der Waals surface area contributed by atoms with Gasteiger partial charge in [0.15, 0.2) is 0 Å². The van der Waals surface area contributed by atoms with Gasteiger partial charge in [-0.2, -0.15) is 0 Å². The molecule has 0 amide bonds. The zero-order valence-electron chi connectivity index (χ0n) is 28.7. The summed E-state index contributed by atoms with van der Waals surface area (Å²) in [6.07, 6.45) is 7.25. The molecular formula is C41H38N10O. The number of imidazole rings is 4. The van der Waals surface area contributed by atoms with Gasteiger partial charge >= 0.3 is 0 Å². The van der Waals surface area contributed by atoms with Crippen molar-refractivity contribution in [2.45, 2.75) is 44.2 Å². The minimum atomic E-state index is -1.14. The number of aryl methyl sites for hydroxylation is 1. The average molecular weight is 687 g/mol. The van der Waals surface area contributed by atoms with Gasteiger partial charge in [0.2, 0.25) is 0 Å². The third kappa shape index (κ3) is 5.38. The molecule has 0 saturated heterocycles. The lowest BCUT2D eigenvalue weighted by Crippen LogP contribution is -2.47. The summed E-state index contributed by atoms with van der Waals surface area (Å²) in [6.45, 7) is 3.32. The Morgan fingerprint density at radius 2 is 0.750 bits per heavy atom. The van der Waals surface area contributed by atoms with Gasteiger partial charge in [0, 0.05) is 37.3 Å². The normalized spacial score (nSPS) is 12.5. The molecule has 0 saturated carbocycles. The SMILES string of the molecule is Cc1cc(C(N)(Cn2cnc3ccccc32)Cn2cnc3ccccc32)c(O)c(C(N)(Cn2cnc3ccccc32)Cn2cnc3ccccc32)c1. The van der Waals surface area contributed by atoms with Crippen LogP contribution in [0.1, 0.15) is 16.7 Å². The van der Waals surface area contributed by atoms with Gasteiger partial charge in [0.25, 0.3) is 0 Å². The molecule has 0 spiro atoms. The summed E-state index contributed by atoms with van der Waals surface area (Å²) in [5.74, 6) is 0.0540. The monoisotopic (exact) mass is 686 g/mol. The first-order valence-electron chi connectivity index (χ1n) is 17.3. The van der Waals surface area contributed by atoms with E-state index in [1.165, 1.54) is 0 Å². The molecule has 0 bridgehead atoms. The molecule has 9 aromatic rings. The number of fused-ring (bicyclic) bond motifs is 4. The Kier molecular flexibility index (Phi) is 7.42. The highest BCUT2D eigenvalue weighted by atomic mass is 16.3. The van der Waals surface area contributed by atoms with Crippen LogP contribution < -0.4 is 11.5 Å². The number of para-hydroxylation sites is 8. The summed E-state index contributed by atoms with van der Waals surface area (Å²) in [5.41, 5.74) is 22.4. The van der Waals surface area contributed by atoms with Gasteiger partial charge in [0.05, 0.1) is 80.5 Å². The van der Waals surface area contributed by atoms with E-state index < -0.39 is 11.1 Å². The number of phenols is 1. The van der Waals surface area contributed by atoms with Gasteiger partial charge in [-0.1, -0.05) is 66.2 Å². The molecule has 0 atom stereocenters. The van der Waals surface area contributed by atoms with Gasteiger partial charge < -0.3 is 34.8 Å². The Balaban J connectivity index is 1.22. The highest BCUT2D eigenvalue weighted by Gasteiger charge is 2.39. The van der Waals surface area contributed by atoms with Crippen LogP contribution in [0.2, 0.25) is 0 Å². The number of hydrogen-bond acceptors (Lipinski definition) is 7. The molecule has 52 heavy (non-hydrogen) atoms. The Bertz CT molecular complexity index is 2400. The largest absolute Gasteiger partial charge is 0.507 e. The summed E-state index contributed by atoms with van der Waals surface area (Å²) in [6, 6.07) is 35.9. The highest BCUT2D eigenvalue weighted by molar-refractivity contribution is 5.77. The molecule has 0 fully saturated rings. The standard InChI is InChI=1S/C41H38N10O/c1-28-18-29(40(42,20-48-24-44-31-10-2-6-14-35(31)48)21-49-25-45-32-11-3-7-15-36(32)49)39(52)30(19-28)41(43,22-50-26-46-33-12-4-8-16-37(33)50)23-51-27-47-34-13-5-9-17-38(34)51/h2-19,24-27,52H,20-23,42-43H2,1H3. The molecule has 0 aliphatic rings. The van der Waals surface area contributed by atoms with Crippen LogP contribution in [-0.4, -0.2) is 43.3 Å². The fourth-order valence-electron chi connectivity index (χ4n) is 7.74. The second-order valence-electron chi connectivity index (χ2n) is 14.0. The minimum absolute atomic E-state index is 0.0540. The molecule has 11 heteroatoms. The van der Waals surface area contributed by atoms with E-state index >= 15 is 0 Å². The number of nitrogens with zero attached hydrogens (tertiary/aromatic N) is 8. The predicted octanol–water partition coefficient (Wildman–Crippen LogP) is 6.21. The topological polar surface area (TPSA) is 144 Å². The molecule has 4 heterocycles. The van der Waals surface area contributed by atoms with Crippen molar-refractivity contribution >= 4 is 44.1 Å². The maximum atomic E-state index is 12.7. The zero-order valence-corrected chi connectivity index (χ0v) is 28.7. The van der Waals surface area contributed by atoms with Gasteiger partial charge in [-0.05, 0) is 55.5 Å². The number of nitrogens with two attached hydrogens (primary N) is 2. The summed E-state index contributed by atoms with van der Waals surface area (Å²) < 4.78 is 8.23. The van der Waals surface area contributed by atoms with Gasteiger partial charge in [-0.15, -0.1) is 0 Å². The van der Waals surface area contributed by atoms with E-state index in [0.717, 1.165) is 49.7 Å². The summed E-state index contributed by atoms with van der Waals surface area (Å²) in [7, 11) is 0. The van der Waals surface area contributed by atoms with Gasteiger partial charge in [-0.25, -0.2) is 19.9 Å². The van der Waals surface area contributed by atoms with Crippen LogP contribution in [-0.2, 0) is 37.3 Å². The van der Waals surface area contributed by atoms with Crippen molar-refractivity contribution in [3.8, 4) is 5.75 Å². The fourth-order valence-corrected chi connectivity index (χ4v) is 7.74. The van der Waals surface area contributed by atoms with Crippen molar-refractivity contribution in [2.75, 3.05) is 0 Å². The second-order valence-corrected chi connectivity index (χ2v) is 14.0. The van der Waals surface area contributed by atoms with Crippen LogP contribution >= 0.6 is 0 Å². The molecule has 5 N–H and O–H groups in total. The van der Waals surface area contributed by atoms with Gasteiger partial charge in [-0.3, -0.25) is 0 Å². The quantitative estimate of drug-likeness (QED) is 0.155. The molecule has 0 unspecified atom stereocenters. The maximum Gasteiger partial charge on any atom is 0.125 e. The van der Waals surface area contributed by atoms with Crippen LogP contribution in [0.5, 0.6) is 5.75 Å². The first-order valence-corrected chi connectivity index (χ1v) is 17.3. The summed E-state index contributed by atoms with van der Waals surface area (Å²) >= 11 is 0. The third-order valence-electron chi connectivity index (χ3n) is 10.2. The Hall–Kier alpha value is -6.30. The van der Waals surface area contributed by atoms with Crippen molar-refractivity contribution in [3.05, 3.63) is 151 Å². The molecule has 0 radical (unpaired) electrons. The number of benzene rings is 5. The van der Waals surface area contributed by atoms with E-state index in [1.54, 1.807) is 0 Å². The summed E-state index contributed by atoms with van der Waals surface area (Å²) in [5, 5.41) is 12.7. The fraction of sp³-hybridized carbons (Fsp3) is 0.171. The number of rotatable bonds is 10. The molecule has 0 aliphatic carbocycles.